The molecule has 0 radical (unpaired) electrons. The van der Waals surface area contributed by atoms with Crippen molar-refractivity contribution in [1.82, 2.24) is 15.2 Å². The minimum atomic E-state index is -0.498. The number of anilines is 2. The van der Waals surface area contributed by atoms with Crippen molar-refractivity contribution in [3.05, 3.63) is 67.4 Å². The molecule has 9 nitrogen and oxygen atoms in total. The van der Waals surface area contributed by atoms with E-state index >= 15 is 0 Å². The summed E-state index contributed by atoms with van der Waals surface area (Å²) < 4.78 is 1.38. The van der Waals surface area contributed by atoms with Gasteiger partial charge in [-0.3, -0.25) is 14.5 Å². The molecule has 39 heavy (non-hydrogen) atoms. The van der Waals surface area contributed by atoms with Crippen LogP contribution in [0, 0.1) is 23.7 Å². The number of nitriles is 1. The Morgan fingerprint density at radius 1 is 1.33 bits per heavy atom. The number of aromatic nitrogens is 3. The third kappa shape index (κ3) is 5.51. The SMILES string of the molecule is Cc1ccsc1C1C(C#N)=C(N)N(c2nnc(SCC(=O)Nc3ccc(Br)cn3)s2)C2=C1C(=O)CC(C)(C)C2. The van der Waals surface area contributed by atoms with Gasteiger partial charge in [0.15, 0.2) is 10.1 Å². The van der Waals surface area contributed by atoms with E-state index in [1.54, 1.807) is 23.2 Å². The molecular weight excluding hydrogens is 618 g/mol. The molecule has 0 fully saturated rings. The van der Waals surface area contributed by atoms with E-state index in [0.717, 1.165) is 20.6 Å². The average Bonchev–Trinajstić information content (AvgIpc) is 3.51. The fourth-order valence-electron chi connectivity index (χ4n) is 4.78. The third-order valence-electron chi connectivity index (χ3n) is 6.45. The van der Waals surface area contributed by atoms with Gasteiger partial charge in [0.05, 0.1) is 23.3 Å². The van der Waals surface area contributed by atoms with Gasteiger partial charge in [0, 0.05) is 33.2 Å². The summed E-state index contributed by atoms with van der Waals surface area (Å²) in [7, 11) is 0. The van der Waals surface area contributed by atoms with Crippen molar-refractivity contribution in [1.29, 1.82) is 5.26 Å². The molecule has 0 spiro atoms. The number of carbonyl (C=O) groups is 2. The van der Waals surface area contributed by atoms with E-state index in [9.17, 15) is 14.9 Å². The average molecular weight is 643 g/mol. The minimum absolute atomic E-state index is 0.0154. The van der Waals surface area contributed by atoms with Crippen LogP contribution in [0.5, 0.6) is 0 Å². The number of rotatable bonds is 6. The van der Waals surface area contributed by atoms with E-state index in [4.69, 9.17) is 5.73 Å². The van der Waals surface area contributed by atoms with Crippen LogP contribution in [0.2, 0.25) is 0 Å². The summed E-state index contributed by atoms with van der Waals surface area (Å²) in [5.74, 6) is 0.113. The number of Topliss-reactive ketones (excluding diaryl/α,β-unsaturated/α-hetero) is 1. The number of nitrogens with zero attached hydrogens (tertiary/aromatic N) is 5. The van der Waals surface area contributed by atoms with Gasteiger partial charge >= 0.3 is 0 Å². The molecule has 13 heteroatoms. The zero-order valence-corrected chi connectivity index (χ0v) is 25.4. The largest absolute Gasteiger partial charge is 0.384 e. The van der Waals surface area contributed by atoms with Crippen LogP contribution in [0.4, 0.5) is 10.9 Å². The van der Waals surface area contributed by atoms with Gasteiger partial charge in [-0.05, 0) is 63.8 Å². The minimum Gasteiger partial charge on any atom is -0.384 e. The van der Waals surface area contributed by atoms with Gasteiger partial charge in [-0.2, -0.15) is 5.26 Å². The van der Waals surface area contributed by atoms with Gasteiger partial charge in [-0.1, -0.05) is 36.9 Å². The number of hydrogen-bond acceptors (Lipinski definition) is 11. The van der Waals surface area contributed by atoms with Gasteiger partial charge in [-0.25, -0.2) is 4.98 Å². The van der Waals surface area contributed by atoms with Crippen molar-refractivity contribution in [3.8, 4) is 6.07 Å². The fraction of sp³-hybridized carbons (Fsp3) is 0.308. The Morgan fingerprint density at radius 2 is 2.13 bits per heavy atom. The molecule has 2 aliphatic rings. The maximum Gasteiger partial charge on any atom is 0.235 e. The summed E-state index contributed by atoms with van der Waals surface area (Å²) in [5, 5.41) is 24.0. The number of thiophene rings is 1. The lowest BCUT2D eigenvalue weighted by Gasteiger charge is -2.42. The fourth-order valence-corrected chi connectivity index (χ4v) is 7.74. The first-order valence-corrected chi connectivity index (χ1v) is 15.4. The number of pyridine rings is 1. The van der Waals surface area contributed by atoms with Crippen LogP contribution < -0.4 is 16.0 Å². The molecule has 3 aromatic heterocycles. The highest BCUT2D eigenvalue weighted by Crippen LogP contribution is 2.51. The number of nitrogens with one attached hydrogen (secondary N) is 1. The second-order valence-electron chi connectivity index (χ2n) is 10.00. The van der Waals surface area contributed by atoms with Crippen LogP contribution in [-0.2, 0) is 9.59 Å². The quantitative estimate of drug-likeness (QED) is 0.323. The highest BCUT2D eigenvalue weighted by Gasteiger charge is 2.46. The van der Waals surface area contributed by atoms with E-state index in [2.05, 4.69) is 56.3 Å². The van der Waals surface area contributed by atoms with Gasteiger partial charge < -0.3 is 11.1 Å². The van der Waals surface area contributed by atoms with Crippen molar-refractivity contribution >= 4 is 73.0 Å². The molecular formula is C26H24BrN7O2S3. The van der Waals surface area contributed by atoms with Gasteiger partial charge in [0.1, 0.15) is 11.6 Å². The number of nitrogens with two attached hydrogens (primary N) is 1. The topological polar surface area (TPSA) is 138 Å². The predicted octanol–water partition coefficient (Wildman–Crippen LogP) is 5.74. The monoisotopic (exact) mass is 641 g/mol. The number of aryl methyl sites for hydroxylation is 1. The molecule has 0 saturated carbocycles. The van der Waals surface area contributed by atoms with E-state index in [-0.39, 0.29) is 28.7 Å². The first kappa shape index (κ1) is 27.5. The summed E-state index contributed by atoms with van der Waals surface area (Å²) in [6.45, 7) is 6.09. The number of halogens is 1. The number of ketones is 1. The summed E-state index contributed by atoms with van der Waals surface area (Å²) in [6.07, 6.45) is 2.59. The Kier molecular flexibility index (Phi) is 7.65. The van der Waals surface area contributed by atoms with E-state index in [1.807, 2.05) is 18.4 Å². The first-order valence-electron chi connectivity index (χ1n) is 12.0. The summed E-state index contributed by atoms with van der Waals surface area (Å²) >= 11 is 7.35. The smallest absolute Gasteiger partial charge is 0.235 e. The van der Waals surface area contributed by atoms with Crippen LogP contribution >= 0.6 is 50.4 Å². The highest BCUT2D eigenvalue weighted by molar-refractivity contribution is 9.10. The summed E-state index contributed by atoms with van der Waals surface area (Å²) in [4.78, 5) is 32.9. The zero-order chi connectivity index (χ0) is 27.9. The van der Waals surface area contributed by atoms with E-state index in [0.29, 0.717) is 39.3 Å². The third-order valence-corrected chi connectivity index (χ3v) is 10.0. The Balaban J connectivity index is 1.45. The number of amides is 1. The molecule has 1 unspecified atom stereocenters. The lowest BCUT2D eigenvalue weighted by Crippen LogP contribution is -2.42. The number of thioether (sulfide) groups is 1. The second kappa shape index (κ2) is 10.8. The molecule has 3 N–H and O–H groups in total. The molecule has 0 bridgehead atoms. The lowest BCUT2D eigenvalue weighted by atomic mass is 9.69. The summed E-state index contributed by atoms with van der Waals surface area (Å²) in [5.41, 5.74) is 9.12. The molecule has 1 aliphatic heterocycles. The standard InChI is InChI=1S/C26H24BrN7O2S3/c1-13-6-7-37-22(13)20-15(10-28)23(29)34(16-8-26(2,3)9-17(35)21(16)20)24-32-33-25(39-24)38-12-19(36)31-18-5-4-14(27)11-30-18/h4-7,11,20H,8-9,12,29H2,1-3H3,(H,30,31,36). The van der Waals surface area contributed by atoms with Crippen molar-refractivity contribution < 1.29 is 9.59 Å². The van der Waals surface area contributed by atoms with Crippen molar-refractivity contribution in [2.24, 2.45) is 11.1 Å². The Hall–Kier alpha value is -3.05. The van der Waals surface area contributed by atoms with Crippen molar-refractivity contribution in [2.75, 3.05) is 16.0 Å². The van der Waals surface area contributed by atoms with E-state index < -0.39 is 5.92 Å². The molecule has 4 heterocycles. The van der Waals surface area contributed by atoms with Crippen LogP contribution in [0.15, 0.2) is 61.3 Å². The van der Waals surface area contributed by atoms with Gasteiger partial charge in [-0.15, -0.1) is 21.5 Å². The van der Waals surface area contributed by atoms with Gasteiger partial charge in [0.25, 0.3) is 0 Å². The number of allylic oxidation sites excluding steroid dienone is 3. The molecule has 0 saturated heterocycles. The molecule has 1 aliphatic carbocycles. The van der Waals surface area contributed by atoms with Crippen molar-refractivity contribution in [2.45, 2.75) is 43.9 Å². The number of hydrogen-bond donors (Lipinski definition) is 2. The second-order valence-corrected chi connectivity index (χ2v) is 14.0. The Bertz CT molecular complexity index is 1570. The molecule has 5 rings (SSSR count). The zero-order valence-electron chi connectivity index (χ0n) is 21.3. The molecule has 1 amide bonds. The number of carbonyl (C=O) groups excluding carboxylic acids is 2. The van der Waals surface area contributed by atoms with Crippen LogP contribution in [0.3, 0.4) is 0 Å². The van der Waals surface area contributed by atoms with E-state index in [1.165, 1.54) is 34.4 Å². The van der Waals surface area contributed by atoms with Crippen LogP contribution in [0.1, 0.15) is 43.0 Å². The van der Waals surface area contributed by atoms with Crippen LogP contribution in [0.25, 0.3) is 0 Å². The normalized spacial score (nSPS) is 18.7. The molecule has 0 aromatic carbocycles. The predicted molar refractivity (Wildman–Crippen MR) is 157 cm³/mol. The van der Waals surface area contributed by atoms with Crippen LogP contribution in [-0.4, -0.2) is 32.6 Å². The maximum absolute atomic E-state index is 13.6. The Morgan fingerprint density at radius 3 is 2.79 bits per heavy atom. The maximum atomic E-state index is 13.6. The first-order chi connectivity index (χ1) is 18.6. The van der Waals surface area contributed by atoms with Gasteiger partial charge in [0.2, 0.25) is 11.0 Å². The highest BCUT2D eigenvalue weighted by atomic mass is 79.9. The Labute approximate surface area is 246 Å². The molecule has 3 aromatic rings. The molecule has 200 valence electrons. The lowest BCUT2D eigenvalue weighted by molar-refractivity contribution is -0.118. The molecule has 1 atom stereocenters. The van der Waals surface area contributed by atoms with Crippen molar-refractivity contribution in [3.63, 3.8) is 0 Å². The summed E-state index contributed by atoms with van der Waals surface area (Å²) in [6, 6.07) is 7.78.